The van der Waals surface area contributed by atoms with E-state index in [1.165, 1.54) is 29.7 Å². The number of rotatable bonds is 7. The first kappa shape index (κ1) is 20.8. The average molecular weight is 428 g/mol. The zero-order valence-electron chi connectivity index (χ0n) is 16.1. The fourth-order valence-electron chi connectivity index (χ4n) is 2.61. The van der Waals surface area contributed by atoms with Crippen LogP contribution in [0.1, 0.15) is 16.0 Å². The van der Waals surface area contributed by atoms with Crippen molar-refractivity contribution in [2.45, 2.75) is 18.7 Å². The van der Waals surface area contributed by atoms with Crippen LogP contribution in [0, 0.1) is 13.8 Å². The van der Waals surface area contributed by atoms with Crippen molar-refractivity contribution in [1.82, 2.24) is 5.43 Å². The minimum Gasteiger partial charge on any atom is -0.271 e. The van der Waals surface area contributed by atoms with Gasteiger partial charge in [-0.3, -0.25) is 9.10 Å². The van der Waals surface area contributed by atoms with Crippen LogP contribution < -0.4 is 9.73 Å². The molecule has 1 N–H and O–H groups in total. The molecule has 0 unspecified atom stereocenters. The number of nitrogens with zero attached hydrogens (tertiary/aromatic N) is 2. The summed E-state index contributed by atoms with van der Waals surface area (Å²) in [4.78, 5) is 13.5. The van der Waals surface area contributed by atoms with E-state index in [9.17, 15) is 13.2 Å². The summed E-state index contributed by atoms with van der Waals surface area (Å²) in [7, 11) is -3.92. The van der Waals surface area contributed by atoms with Gasteiger partial charge in [0.2, 0.25) is 0 Å². The SMILES string of the molecule is Cc1ccc(N(CC(=O)N/N=C\c2cccs2)S(=O)(=O)c2ccccc2)cc1C. The summed E-state index contributed by atoms with van der Waals surface area (Å²) in [6.45, 7) is 3.46. The highest BCUT2D eigenvalue weighted by atomic mass is 32.2. The van der Waals surface area contributed by atoms with E-state index in [1.54, 1.807) is 30.3 Å². The standard InChI is InChI=1S/C21H21N3O3S2/c1-16-10-11-18(13-17(16)2)24(29(26,27)20-8-4-3-5-9-20)15-21(25)23-22-14-19-7-6-12-28-19/h3-14H,15H2,1-2H3,(H,23,25)/b22-14-. The Morgan fingerprint density at radius 3 is 2.48 bits per heavy atom. The summed E-state index contributed by atoms with van der Waals surface area (Å²) in [5, 5.41) is 5.81. The molecule has 1 aromatic heterocycles. The maximum absolute atomic E-state index is 13.2. The van der Waals surface area contributed by atoms with E-state index in [1.807, 2.05) is 37.4 Å². The zero-order valence-corrected chi connectivity index (χ0v) is 17.7. The van der Waals surface area contributed by atoms with Crippen LogP contribution in [-0.4, -0.2) is 27.1 Å². The van der Waals surface area contributed by atoms with Gasteiger partial charge in [0.15, 0.2) is 0 Å². The number of hydrogen-bond acceptors (Lipinski definition) is 5. The highest BCUT2D eigenvalue weighted by molar-refractivity contribution is 7.92. The second kappa shape index (κ2) is 9.02. The lowest BCUT2D eigenvalue weighted by Gasteiger charge is -2.24. The molecule has 0 aliphatic heterocycles. The molecule has 29 heavy (non-hydrogen) atoms. The number of nitrogens with one attached hydrogen (secondary N) is 1. The molecule has 3 aromatic rings. The monoisotopic (exact) mass is 427 g/mol. The minimum absolute atomic E-state index is 0.119. The average Bonchev–Trinajstić information content (AvgIpc) is 3.22. The van der Waals surface area contributed by atoms with Gasteiger partial charge in [-0.25, -0.2) is 13.8 Å². The quantitative estimate of drug-likeness (QED) is 0.461. The number of carbonyl (C=O) groups is 1. The van der Waals surface area contributed by atoms with Gasteiger partial charge in [-0.2, -0.15) is 5.10 Å². The van der Waals surface area contributed by atoms with Gasteiger partial charge in [0.25, 0.3) is 15.9 Å². The van der Waals surface area contributed by atoms with Crippen LogP contribution in [0.4, 0.5) is 5.69 Å². The number of amides is 1. The van der Waals surface area contributed by atoms with Crippen LogP contribution in [0.15, 0.2) is 76.0 Å². The summed E-state index contributed by atoms with van der Waals surface area (Å²) >= 11 is 1.48. The molecular formula is C21H21N3O3S2. The van der Waals surface area contributed by atoms with Crippen LogP contribution >= 0.6 is 11.3 Å². The van der Waals surface area contributed by atoms with Crippen LogP contribution in [-0.2, 0) is 14.8 Å². The van der Waals surface area contributed by atoms with Crippen LogP contribution in [0.5, 0.6) is 0 Å². The Morgan fingerprint density at radius 1 is 1.07 bits per heavy atom. The third kappa shape index (κ3) is 5.10. The van der Waals surface area contributed by atoms with Crippen molar-refractivity contribution < 1.29 is 13.2 Å². The van der Waals surface area contributed by atoms with Crippen molar-refractivity contribution in [2.24, 2.45) is 5.10 Å². The molecule has 0 fully saturated rings. The van der Waals surface area contributed by atoms with Crippen LogP contribution in [0.25, 0.3) is 0 Å². The summed E-state index contributed by atoms with van der Waals surface area (Å²) in [5.74, 6) is -0.532. The zero-order chi connectivity index (χ0) is 20.9. The Morgan fingerprint density at radius 2 is 1.83 bits per heavy atom. The Kier molecular flexibility index (Phi) is 6.46. The molecule has 0 aliphatic carbocycles. The van der Waals surface area contributed by atoms with Crippen molar-refractivity contribution in [1.29, 1.82) is 0 Å². The van der Waals surface area contributed by atoms with Crippen LogP contribution in [0.2, 0.25) is 0 Å². The van der Waals surface area contributed by atoms with Gasteiger partial charge >= 0.3 is 0 Å². The largest absolute Gasteiger partial charge is 0.271 e. The topological polar surface area (TPSA) is 78.8 Å². The van der Waals surface area contributed by atoms with Gasteiger partial charge in [0.05, 0.1) is 16.8 Å². The van der Waals surface area contributed by atoms with Crippen molar-refractivity contribution >= 4 is 39.2 Å². The molecule has 6 nitrogen and oxygen atoms in total. The molecular weight excluding hydrogens is 406 g/mol. The second-order valence-corrected chi connectivity index (χ2v) is 9.24. The minimum atomic E-state index is -3.92. The lowest BCUT2D eigenvalue weighted by atomic mass is 10.1. The van der Waals surface area contributed by atoms with E-state index >= 15 is 0 Å². The lowest BCUT2D eigenvalue weighted by molar-refractivity contribution is -0.119. The Labute approximate surface area is 174 Å². The normalized spacial score (nSPS) is 11.5. The number of hydrogen-bond donors (Lipinski definition) is 1. The smallest absolute Gasteiger partial charge is 0.264 e. The van der Waals surface area contributed by atoms with Gasteiger partial charge in [-0.15, -0.1) is 11.3 Å². The fraction of sp³-hybridized carbons (Fsp3) is 0.143. The molecule has 0 saturated heterocycles. The number of thiophene rings is 1. The number of sulfonamides is 1. The first-order valence-electron chi connectivity index (χ1n) is 8.88. The van der Waals surface area contributed by atoms with E-state index in [-0.39, 0.29) is 11.4 Å². The molecule has 0 bridgehead atoms. The van der Waals surface area contributed by atoms with Crippen molar-refractivity contribution in [3.8, 4) is 0 Å². The number of anilines is 1. The molecule has 150 valence electrons. The van der Waals surface area contributed by atoms with E-state index in [0.29, 0.717) is 5.69 Å². The first-order chi connectivity index (χ1) is 13.9. The van der Waals surface area contributed by atoms with Gasteiger partial charge in [-0.05, 0) is 60.7 Å². The van der Waals surface area contributed by atoms with Crippen molar-refractivity contribution in [3.05, 3.63) is 82.0 Å². The Hall–Kier alpha value is -2.97. The van der Waals surface area contributed by atoms with Gasteiger partial charge < -0.3 is 0 Å². The molecule has 1 amide bonds. The maximum atomic E-state index is 13.2. The highest BCUT2D eigenvalue weighted by Gasteiger charge is 2.27. The Bertz CT molecular complexity index is 1110. The number of benzene rings is 2. The molecule has 0 aliphatic rings. The number of hydrazone groups is 1. The first-order valence-corrected chi connectivity index (χ1v) is 11.2. The maximum Gasteiger partial charge on any atom is 0.264 e. The summed E-state index contributed by atoms with van der Waals surface area (Å²) in [5.41, 5.74) is 4.80. The molecule has 0 radical (unpaired) electrons. The highest BCUT2D eigenvalue weighted by Crippen LogP contribution is 2.25. The predicted octanol–water partition coefficient (Wildman–Crippen LogP) is 3.71. The molecule has 0 atom stereocenters. The molecule has 0 spiro atoms. The van der Waals surface area contributed by atoms with Crippen molar-refractivity contribution in [3.63, 3.8) is 0 Å². The van der Waals surface area contributed by atoms with E-state index in [2.05, 4.69) is 10.5 Å². The van der Waals surface area contributed by atoms with Gasteiger partial charge in [0, 0.05) is 4.88 Å². The lowest BCUT2D eigenvalue weighted by Crippen LogP contribution is -2.39. The Balaban J connectivity index is 1.88. The molecule has 8 heteroatoms. The predicted molar refractivity (Wildman–Crippen MR) is 117 cm³/mol. The van der Waals surface area contributed by atoms with E-state index in [4.69, 9.17) is 0 Å². The molecule has 0 saturated carbocycles. The van der Waals surface area contributed by atoms with Gasteiger partial charge in [0.1, 0.15) is 6.54 Å². The summed E-state index contributed by atoms with van der Waals surface area (Å²) < 4.78 is 27.6. The number of aryl methyl sites for hydroxylation is 2. The molecule has 1 heterocycles. The second-order valence-electron chi connectivity index (χ2n) is 6.40. The number of carbonyl (C=O) groups excluding carboxylic acids is 1. The third-order valence-corrected chi connectivity index (χ3v) is 6.92. The summed E-state index contributed by atoms with van der Waals surface area (Å²) in [6.07, 6.45) is 1.52. The molecule has 3 rings (SSSR count). The fourth-order valence-corrected chi connectivity index (χ4v) is 4.63. The third-order valence-electron chi connectivity index (χ3n) is 4.32. The van der Waals surface area contributed by atoms with E-state index < -0.39 is 15.9 Å². The van der Waals surface area contributed by atoms with Crippen LogP contribution in [0.3, 0.4) is 0 Å². The van der Waals surface area contributed by atoms with E-state index in [0.717, 1.165) is 20.3 Å². The summed E-state index contributed by atoms with van der Waals surface area (Å²) in [6, 6.07) is 17.1. The van der Waals surface area contributed by atoms with Crippen molar-refractivity contribution in [2.75, 3.05) is 10.8 Å². The van der Waals surface area contributed by atoms with Gasteiger partial charge in [-0.1, -0.05) is 30.3 Å². The molecule has 2 aromatic carbocycles.